The molecule has 0 aliphatic rings. The van der Waals surface area contributed by atoms with Crippen LogP contribution in [0.1, 0.15) is 17.3 Å². The summed E-state index contributed by atoms with van der Waals surface area (Å²) in [6.07, 6.45) is 1.88. The monoisotopic (exact) mass is 224 g/mol. The quantitative estimate of drug-likeness (QED) is 0.446. The molecule has 4 heteroatoms. The lowest BCUT2D eigenvalue weighted by atomic mass is 10.1. The van der Waals surface area contributed by atoms with Crippen LogP contribution in [0.25, 0.3) is 0 Å². The van der Waals surface area contributed by atoms with E-state index in [4.69, 9.17) is 4.74 Å². The Morgan fingerprint density at radius 3 is 2.33 bits per heavy atom. The summed E-state index contributed by atoms with van der Waals surface area (Å²) in [6.45, 7) is 1.34. The van der Waals surface area contributed by atoms with E-state index >= 15 is 0 Å². The Hall–Kier alpha value is -1.29. The lowest BCUT2D eigenvalue weighted by Gasteiger charge is -2.02. The number of benzene rings is 1. The summed E-state index contributed by atoms with van der Waals surface area (Å²) < 4.78 is 4.85. The van der Waals surface area contributed by atoms with E-state index in [1.54, 1.807) is 24.3 Å². The zero-order valence-corrected chi connectivity index (χ0v) is 9.47. The van der Waals surface area contributed by atoms with Crippen LogP contribution in [0, 0.1) is 0 Å². The highest BCUT2D eigenvalue weighted by Crippen LogP contribution is 2.13. The summed E-state index contributed by atoms with van der Waals surface area (Å²) in [5.74, 6) is 0.644. The van der Waals surface area contributed by atoms with Gasteiger partial charge >= 0.3 is 5.97 Å². The van der Waals surface area contributed by atoms with Gasteiger partial charge in [0.1, 0.15) is 5.75 Å². The molecule has 0 heterocycles. The van der Waals surface area contributed by atoms with Gasteiger partial charge in [-0.3, -0.25) is 9.59 Å². The SMILES string of the molecule is CSCC(=O)c1ccc(OC(C)=O)cc1. The maximum atomic E-state index is 11.4. The predicted octanol–water partition coefficient (Wildman–Crippen LogP) is 2.16. The van der Waals surface area contributed by atoms with E-state index in [-0.39, 0.29) is 11.8 Å². The Balaban J connectivity index is 2.71. The fourth-order valence-corrected chi connectivity index (χ4v) is 1.52. The molecule has 0 saturated carbocycles. The van der Waals surface area contributed by atoms with Gasteiger partial charge in [0.25, 0.3) is 0 Å². The standard InChI is InChI=1S/C11H12O3S/c1-8(12)14-10-5-3-9(4-6-10)11(13)7-15-2/h3-6H,7H2,1-2H3. The van der Waals surface area contributed by atoms with Crippen LogP contribution in [0.2, 0.25) is 0 Å². The highest BCUT2D eigenvalue weighted by molar-refractivity contribution is 7.99. The minimum atomic E-state index is -0.363. The van der Waals surface area contributed by atoms with Crippen molar-refractivity contribution in [1.29, 1.82) is 0 Å². The van der Waals surface area contributed by atoms with E-state index in [9.17, 15) is 9.59 Å². The number of hydrogen-bond donors (Lipinski definition) is 0. The number of hydrogen-bond acceptors (Lipinski definition) is 4. The zero-order valence-electron chi connectivity index (χ0n) is 8.65. The molecule has 1 aromatic carbocycles. The molecule has 0 N–H and O–H groups in total. The van der Waals surface area contributed by atoms with Gasteiger partial charge in [-0.1, -0.05) is 0 Å². The molecule has 0 fully saturated rings. The van der Waals surface area contributed by atoms with Crippen LogP contribution in [0.3, 0.4) is 0 Å². The van der Waals surface area contributed by atoms with Gasteiger partial charge in [-0.15, -0.1) is 0 Å². The molecule has 0 aliphatic heterocycles. The molecule has 0 atom stereocenters. The van der Waals surface area contributed by atoms with Crippen LogP contribution in [-0.2, 0) is 4.79 Å². The van der Waals surface area contributed by atoms with E-state index in [0.717, 1.165) is 0 Å². The van der Waals surface area contributed by atoms with E-state index in [1.165, 1.54) is 18.7 Å². The van der Waals surface area contributed by atoms with Crippen LogP contribution in [0.4, 0.5) is 0 Å². The number of ether oxygens (including phenoxy) is 1. The highest BCUT2D eigenvalue weighted by atomic mass is 32.2. The average molecular weight is 224 g/mol. The number of carbonyl (C=O) groups is 2. The summed E-state index contributed by atoms with van der Waals surface area (Å²) in [7, 11) is 0. The van der Waals surface area contributed by atoms with E-state index in [0.29, 0.717) is 17.1 Å². The van der Waals surface area contributed by atoms with Crippen molar-refractivity contribution in [1.82, 2.24) is 0 Å². The van der Waals surface area contributed by atoms with Gasteiger partial charge in [-0.2, -0.15) is 11.8 Å². The molecule has 0 saturated heterocycles. The number of ketones is 1. The molecule has 0 spiro atoms. The maximum absolute atomic E-state index is 11.4. The Kier molecular flexibility index (Phi) is 4.37. The third-order valence-electron chi connectivity index (χ3n) is 1.71. The number of rotatable bonds is 4. The van der Waals surface area contributed by atoms with Gasteiger partial charge in [0.15, 0.2) is 5.78 Å². The molecular formula is C11H12O3S. The zero-order chi connectivity index (χ0) is 11.3. The van der Waals surface area contributed by atoms with Crippen LogP contribution in [-0.4, -0.2) is 23.8 Å². The smallest absolute Gasteiger partial charge is 0.308 e. The van der Waals surface area contributed by atoms with Gasteiger partial charge in [0.2, 0.25) is 0 Å². The Labute approximate surface area is 92.8 Å². The third kappa shape index (κ3) is 3.75. The molecule has 1 aromatic rings. The summed E-state index contributed by atoms with van der Waals surface area (Å²) in [4.78, 5) is 22.1. The second kappa shape index (κ2) is 5.56. The van der Waals surface area contributed by atoms with Crippen LogP contribution >= 0.6 is 11.8 Å². The lowest BCUT2D eigenvalue weighted by molar-refractivity contribution is -0.131. The van der Waals surface area contributed by atoms with Gasteiger partial charge in [-0.05, 0) is 30.5 Å². The highest BCUT2D eigenvalue weighted by Gasteiger charge is 2.05. The number of esters is 1. The van der Waals surface area contributed by atoms with Crippen molar-refractivity contribution in [3.8, 4) is 5.75 Å². The van der Waals surface area contributed by atoms with Gasteiger partial charge in [0, 0.05) is 12.5 Å². The first-order valence-electron chi connectivity index (χ1n) is 4.44. The van der Waals surface area contributed by atoms with Crippen molar-refractivity contribution in [2.24, 2.45) is 0 Å². The molecule has 80 valence electrons. The number of Topliss-reactive ketones (excluding diaryl/α,β-unsaturated/α-hetero) is 1. The average Bonchev–Trinajstić information content (AvgIpc) is 2.18. The minimum Gasteiger partial charge on any atom is -0.427 e. The molecule has 0 radical (unpaired) electrons. The molecule has 0 aromatic heterocycles. The fraction of sp³-hybridized carbons (Fsp3) is 0.273. The van der Waals surface area contributed by atoms with E-state index in [1.807, 2.05) is 6.26 Å². The van der Waals surface area contributed by atoms with Crippen molar-refractivity contribution >= 4 is 23.5 Å². The molecule has 0 aliphatic carbocycles. The van der Waals surface area contributed by atoms with E-state index in [2.05, 4.69) is 0 Å². The molecule has 15 heavy (non-hydrogen) atoms. The summed E-state index contributed by atoms with van der Waals surface area (Å²) in [5.41, 5.74) is 0.639. The molecule has 0 amide bonds. The van der Waals surface area contributed by atoms with Crippen LogP contribution < -0.4 is 4.74 Å². The van der Waals surface area contributed by atoms with Crippen molar-refractivity contribution < 1.29 is 14.3 Å². The van der Waals surface area contributed by atoms with Crippen molar-refractivity contribution in [2.75, 3.05) is 12.0 Å². The first-order valence-corrected chi connectivity index (χ1v) is 5.83. The first kappa shape index (κ1) is 11.8. The third-order valence-corrected chi connectivity index (χ3v) is 2.26. The normalized spacial score (nSPS) is 9.73. The maximum Gasteiger partial charge on any atom is 0.308 e. The summed E-state index contributed by atoms with van der Waals surface area (Å²) >= 11 is 1.48. The topological polar surface area (TPSA) is 43.4 Å². The van der Waals surface area contributed by atoms with Crippen molar-refractivity contribution in [3.05, 3.63) is 29.8 Å². The van der Waals surface area contributed by atoms with Crippen LogP contribution in [0.5, 0.6) is 5.75 Å². The van der Waals surface area contributed by atoms with Crippen molar-refractivity contribution in [2.45, 2.75) is 6.92 Å². The molecular weight excluding hydrogens is 212 g/mol. The second-order valence-corrected chi connectivity index (χ2v) is 3.84. The molecule has 0 unspecified atom stereocenters. The number of carbonyl (C=O) groups excluding carboxylic acids is 2. The van der Waals surface area contributed by atoms with Crippen molar-refractivity contribution in [3.63, 3.8) is 0 Å². The minimum absolute atomic E-state index is 0.0804. The van der Waals surface area contributed by atoms with E-state index < -0.39 is 0 Å². The van der Waals surface area contributed by atoms with Crippen LogP contribution in [0.15, 0.2) is 24.3 Å². The molecule has 3 nitrogen and oxygen atoms in total. The molecule has 1 rings (SSSR count). The molecule has 0 bridgehead atoms. The Bertz CT molecular complexity index is 357. The predicted molar refractivity (Wildman–Crippen MR) is 60.5 cm³/mol. The fourth-order valence-electron chi connectivity index (χ4n) is 1.09. The summed E-state index contributed by atoms with van der Waals surface area (Å²) in [6, 6.07) is 6.57. The van der Waals surface area contributed by atoms with Gasteiger partial charge < -0.3 is 4.74 Å². The van der Waals surface area contributed by atoms with Gasteiger partial charge in [-0.25, -0.2) is 0 Å². The second-order valence-electron chi connectivity index (χ2n) is 2.97. The largest absolute Gasteiger partial charge is 0.427 e. The van der Waals surface area contributed by atoms with Gasteiger partial charge in [0.05, 0.1) is 5.75 Å². The lowest BCUT2D eigenvalue weighted by Crippen LogP contribution is -2.04. The number of thioether (sulfide) groups is 1. The first-order chi connectivity index (χ1) is 7.13. The Morgan fingerprint density at radius 2 is 1.87 bits per heavy atom. The summed E-state index contributed by atoms with van der Waals surface area (Å²) in [5, 5.41) is 0. The Morgan fingerprint density at radius 1 is 1.27 bits per heavy atom.